The number of para-hydroxylation sites is 1. The molecule has 3 atom stereocenters. The third-order valence-corrected chi connectivity index (χ3v) is 7.71. The van der Waals surface area contributed by atoms with Crippen LogP contribution in [-0.4, -0.2) is 52.3 Å². The lowest BCUT2D eigenvalue weighted by Gasteiger charge is -2.51. The number of carbonyl (C=O) groups excluding carboxylic acids is 1. The van der Waals surface area contributed by atoms with Crippen molar-refractivity contribution in [1.29, 1.82) is 0 Å². The number of piperazine rings is 1. The second-order valence-electron chi connectivity index (χ2n) is 10.4. The minimum Gasteiger partial charge on any atom is -0.404 e. The lowest BCUT2D eigenvalue weighted by Crippen LogP contribution is -2.63. The molecule has 212 valence electrons. The molecule has 40 heavy (non-hydrogen) atoms. The number of phosphoric ester groups is 1. The molecule has 0 spiro atoms. The minimum absolute atomic E-state index is 0.0570. The SMILES string of the molecule is C=CC[C@@]1(C)CN[C@H](C)CN1[C@H](c1cccc(C(=O)N(C)c2cccc(F)c2)c1)c1ccccc1OP(=O)(O)O. The Morgan fingerprint density at radius 2 is 1.95 bits per heavy atom. The molecule has 0 unspecified atom stereocenters. The maximum atomic E-state index is 13.9. The third kappa shape index (κ3) is 6.69. The summed E-state index contributed by atoms with van der Waals surface area (Å²) < 4.78 is 30.9. The predicted octanol–water partition coefficient (Wildman–Crippen LogP) is 5.29. The fourth-order valence-electron chi connectivity index (χ4n) is 5.28. The summed E-state index contributed by atoms with van der Waals surface area (Å²) in [4.78, 5) is 36.5. The number of amides is 1. The lowest BCUT2D eigenvalue weighted by atomic mass is 9.85. The van der Waals surface area contributed by atoms with Gasteiger partial charge in [0, 0.05) is 48.5 Å². The van der Waals surface area contributed by atoms with Gasteiger partial charge in [0.05, 0.1) is 6.04 Å². The van der Waals surface area contributed by atoms with E-state index in [4.69, 9.17) is 4.52 Å². The number of rotatable bonds is 9. The summed E-state index contributed by atoms with van der Waals surface area (Å²) in [6.07, 6.45) is 2.50. The Labute approximate surface area is 234 Å². The molecule has 1 heterocycles. The van der Waals surface area contributed by atoms with E-state index in [0.29, 0.717) is 36.3 Å². The molecule has 3 N–H and O–H groups in total. The molecule has 1 aliphatic heterocycles. The first-order valence-electron chi connectivity index (χ1n) is 13.0. The van der Waals surface area contributed by atoms with Crippen LogP contribution in [0.1, 0.15) is 47.8 Å². The number of phosphoric acid groups is 1. The van der Waals surface area contributed by atoms with Crippen molar-refractivity contribution in [3.63, 3.8) is 0 Å². The molecule has 0 aliphatic carbocycles. The molecule has 0 bridgehead atoms. The Morgan fingerprint density at radius 1 is 1.23 bits per heavy atom. The summed E-state index contributed by atoms with van der Waals surface area (Å²) in [6, 6.07) is 19.3. The molecule has 8 nitrogen and oxygen atoms in total. The molecule has 10 heteroatoms. The Hall–Kier alpha value is -3.33. The molecule has 1 saturated heterocycles. The number of benzene rings is 3. The van der Waals surface area contributed by atoms with Gasteiger partial charge in [-0.2, -0.15) is 0 Å². The summed E-state index contributed by atoms with van der Waals surface area (Å²) >= 11 is 0. The fourth-order valence-corrected chi connectivity index (χ4v) is 5.70. The normalized spacial score (nSPS) is 20.5. The number of hydrogen-bond donors (Lipinski definition) is 3. The van der Waals surface area contributed by atoms with Gasteiger partial charge in [0.2, 0.25) is 0 Å². The van der Waals surface area contributed by atoms with Gasteiger partial charge in [0.15, 0.2) is 0 Å². The molecule has 3 aromatic rings. The third-order valence-electron chi connectivity index (χ3n) is 7.27. The van der Waals surface area contributed by atoms with Crippen LogP contribution >= 0.6 is 7.82 Å². The van der Waals surface area contributed by atoms with Gasteiger partial charge in [-0.05, 0) is 62.2 Å². The Kier molecular flexibility index (Phi) is 8.93. The number of anilines is 1. The van der Waals surface area contributed by atoms with Crippen LogP contribution in [0.25, 0.3) is 0 Å². The van der Waals surface area contributed by atoms with E-state index in [1.807, 2.05) is 12.1 Å². The zero-order valence-electron chi connectivity index (χ0n) is 22.8. The van der Waals surface area contributed by atoms with Crippen LogP contribution in [0, 0.1) is 5.82 Å². The van der Waals surface area contributed by atoms with E-state index in [9.17, 15) is 23.5 Å². The molecule has 1 fully saturated rings. The van der Waals surface area contributed by atoms with E-state index in [1.54, 1.807) is 55.6 Å². The second kappa shape index (κ2) is 12.0. The Balaban J connectivity index is 1.85. The molecular formula is C30H35FN3O5P. The van der Waals surface area contributed by atoms with Crippen molar-refractivity contribution >= 4 is 19.4 Å². The topological polar surface area (TPSA) is 102 Å². The summed E-state index contributed by atoms with van der Waals surface area (Å²) in [5.74, 6) is -0.711. The van der Waals surface area contributed by atoms with Gasteiger partial charge in [-0.3, -0.25) is 19.5 Å². The first-order chi connectivity index (χ1) is 18.9. The zero-order valence-corrected chi connectivity index (χ0v) is 23.7. The fraction of sp³-hybridized carbons (Fsp3) is 0.300. The van der Waals surface area contributed by atoms with Crippen LogP contribution in [0.15, 0.2) is 85.5 Å². The number of nitrogens with one attached hydrogen (secondary N) is 1. The van der Waals surface area contributed by atoms with E-state index in [2.05, 4.69) is 30.6 Å². The average Bonchev–Trinajstić information content (AvgIpc) is 2.90. The van der Waals surface area contributed by atoms with Crippen LogP contribution in [0.4, 0.5) is 10.1 Å². The van der Waals surface area contributed by atoms with E-state index in [-0.39, 0.29) is 17.7 Å². The van der Waals surface area contributed by atoms with Crippen molar-refractivity contribution in [3.8, 4) is 5.75 Å². The summed E-state index contributed by atoms with van der Waals surface area (Å²) in [6.45, 7) is 9.40. The smallest absolute Gasteiger partial charge is 0.404 e. The van der Waals surface area contributed by atoms with Crippen molar-refractivity contribution in [1.82, 2.24) is 10.2 Å². The largest absolute Gasteiger partial charge is 0.524 e. The maximum Gasteiger partial charge on any atom is 0.524 e. The van der Waals surface area contributed by atoms with E-state index < -0.39 is 25.2 Å². The second-order valence-corrected chi connectivity index (χ2v) is 11.6. The van der Waals surface area contributed by atoms with Crippen molar-refractivity contribution in [2.45, 2.75) is 37.9 Å². The Bertz CT molecular complexity index is 1430. The van der Waals surface area contributed by atoms with Gasteiger partial charge in [0.25, 0.3) is 5.91 Å². The van der Waals surface area contributed by atoms with Gasteiger partial charge >= 0.3 is 7.82 Å². The highest BCUT2D eigenvalue weighted by Crippen LogP contribution is 2.45. The average molecular weight is 568 g/mol. The van der Waals surface area contributed by atoms with E-state index in [1.165, 1.54) is 23.1 Å². The molecule has 3 aromatic carbocycles. The monoisotopic (exact) mass is 567 g/mol. The van der Waals surface area contributed by atoms with Gasteiger partial charge in [0.1, 0.15) is 11.6 Å². The van der Waals surface area contributed by atoms with E-state index in [0.717, 1.165) is 5.56 Å². The number of carbonyl (C=O) groups is 1. The van der Waals surface area contributed by atoms with E-state index >= 15 is 0 Å². The van der Waals surface area contributed by atoms with Crippen LogP contribution in [0.5, 0.6) is 5.75 Å². The zero-order chi connectivity index (χ0) is 29.1. The van der Waals surface area contributed by atoms with Crippen molar-refractivity contribution in [2.24, 2.45) is 0 Å². The van der Waals surface area contributed by atoms with Crippen molar-refractivity contribution in [2.75, 3.05) is 25.0 Å². The molecule has 0 aromatic heterocycles. The quantitative estimate of drug-likeness (QED) is 0.239. The van der Waals surface area contributed by atoms with Crippen LogP contribution in [0.3, 0.4) is 0 Å². The summed E-state index contributed by atoms with van der Waals surface area (Å²) in [7, 11) is -3.27. The molecule has 1 aliphatic rings. The first-order valence-corrected chi connectivity index (χ1v) is 14.5. The van der Waals surface area contributed by atoms with Crippen molar-refractivity contribution < 1.29 is 28.1 Å². The highest BCUT2D eigenvalue weighted by molar-refractivity contribution is 7.46. The van der Waals surface area contributed by atoms with Gasteiger partial charge in [-0.1, -0.05) is 42.5 Å². The summed E-state index contributed by atoms with van der Waals surface area (Å²) in [5.41, 5.74) is 1.69. The molecule has 1 amide bonds. The van der Waals surface area contributed by atoms with Crippen molar-refractivity contribution in [3.05, 3.63) is 108 Å². The predicted molar refractivity (Wildman–Crippen MR) is 154 cm³/mol. The molecule has 0 radical (unpaired) electrons. The van der Waals surface area contributed by atoms with Gasteiger partial charge in [-0.25, -0.2) is 8.96 Å². The summed E-state index contributed by atoms with van der Waals surface area (Å²) in [5, 5.41) is 3.53. The van der Waals surface area contributed by atoms with Gasteiger partial charge < -0.3 is 14.7 Å². The lowest BCUT2D eigenvalue weighted by molar-refractivity contribution is 0.0300. The maximum absolute atomic E-state index is 13.9. The number of nitrogens with zero attached hydrogens (tertiary/aromatic N) is 2. The standard InChI is InChI=1S/C30H35FN3O5P/c1-5-16-30(3)20-32-21(2)19-34(30)28(26-14-6-7-15-27(26)39-40(36,37)38)22-10-8-11-23(17-22)29(35)33(4)25-13-9-12-24(31)18-25/h5-15,17-18,21,28,32H,1,16,19-20H2,2-4H3,(H2,36,37,38)/t21-,28-,30+/m1/s1. The molecular weight excluding hydrogens is 532 g/mol. The van der Waals surface area contributed by atoms with Gasteiger partial charge in [-0.15, -0.1) is 6.58 Å². The first kappa shape index (κ1) is 29.6. The van der Waals surface area contributed by atoms with Crippen LogP contribution in [-0.2, 0) is 4.57 Å². The number of halogens is 1. The Morgan fingerprint density at radius 3 is 2.65 bits per heavy atom. The molecule has 0 saturated carbocycles. The number of hydrogen-bond acceptors (Lipinski definition) is 5. The minimum atomic E-state index is -4.86. The van der Waals surface area contributed by atoms with Crippen LogP contribution in [0.2, 0.25) is 0 Å². The highest BCUT2D eigenvalue weighted by atomic mass is 31.2. The highest BCUT2D eigenvalue weighted by Gasteiger charge is 2.42. The van der Waals surface area contributed by atoms with Crippen LogP contribution < -0.4 is 14.7 Å². The molecule has 4 rings (SSSR count).